The molecule has 8 heteroatoms. The molecule has 2 aliphatic rings. The first-order valence-electron chi connectivity index (χ1n) is 9.34. The topological polar surface area (TPSA) is 78.8 Å². The minimum Gasteiger partial charge on any atom is -0.311 e. The number of H-pyrrole nitrogens is 1. The van der Waals surface area contributed by atoms with Gasteiger partial charge < -0.3 is 10.2 Å². The van der Waals surface area contributed by atoms with Crippen LogP contribution < -0.4 is 5.32 Å². The smallest absolute Gasteiger partial charge is 0.226 e. The maximum Gasteiger partial charge on any atom is 0.226 e. The molecule has 0 spiro atoms. The number of hydrogen-bond donors (Lipinski definition) is 2. The number of anilines is 1. The van der Waals surface area contributed by atoms with Crippen molar-refractivity contribution in [1.29, 1.82) is 0 Å². The second-order valence-electron chi connectivity index (χ2n) is 7.40. The third kappa shape index (κ3) is 2.98. The van der Waals surface area contributed by atoms with Gasteiger partial charge in [0.2, 0.25) is 5.91 Å². The quantitative estimate of drug-likeness (QED) is 0.730. The Labute approximate surface area is 161 Å². The van der Waals surface area contributed by atoms with Crippen molar-refractivity contribution in [1.82, 2.24) is 24.9 Å². The summed E-state index contributed by atoms with van der Waals surface area (Å²) in [5.74, 6) is 1.02. The Hall–Kier alpha value is -2.45. The SMILES string of the molecule is CN1CCC(n2ncc3c2NC(=O)CC3c2ccc(-c3ccn[nH]3)s2)CC1. The first kappa shape index (κ1) is 16.7. The minimum absolute atomic E-state index is 0.0652. The van der Waals surface area contributed by atoms with Crippen LogP contribution >= 0.6 is 11.3 Å². The highest BCUT2D eigenvalue weighted by Crippen LogP contribution is 2.42. The highest BCUT2D eigenvalue weighted by molar-refractivity contribution is 7.15. The predicted molar refractivity (Wildman–Crippen MR) is 105 cm³/mol. The molecule has 1 atom stereocenters. The van der Waals surface area contributed by atoms with Crippen LogP contribution in [0.25, 0.3) is 10.6 Å². The van der Waals surface area contributed by atoms with Crippen LogP contribution in [0, 0.1) is 0 Å². The maximum atomic E-state index is 12.5. The highest BCUT2D eigenvalue weighted by atomic mass is 32.1. The zero-order chi connectivity index (χ0) is 18.4. The molecule has 5 rings (SSSR count). The van der Waals surface area contributed by atoms with Crippen LogP contribution in [0.1, 0.15) is 41.7 Å². The molecule has 0 aliphatic carbocycles. The Balaban J connectivity index is 1.47. The molecule has 0 aromatic carbocycles. The van der Waals surface area contributed by atoms with Crippen LogP contribution in [-0.4, -0.2) is 50.9 Å². The number of aromatic amines is 1. The monoisotopic (exact) mass is 382 g/mol. The third-order valence-corrected chi connectivity index (χ3v) is 6.85. The van der Waals surface area contributed by atoms with Gasteiger partial charge in [0.1, 0.15) is 5.82 Å². The molecule has 1 unspecified atom stereocenters. The molecule has 27 heavy (non-hydrogen) atoms. The lowest BCUT2D eigenvalue weighted by molar-refractivity contribution is -0.116. The van der Waals surface area contributed by atoms with Crippen LogP contribution in [0.15, 0.2) is 30.6 Å². The molecule has 0 saturated carbocycles. The number of fused-ring (bicyclic) bond motifs is 1. The van der Waals surface area contributed by atoms with E-state index in [2.05, 4.69) is 49.4 Å². The summed E-state index contributed by atoms with van der Waals surface area (Å²) in [5.41, 5.74) is 2.14. The number of nitrogens with zero attached hydrogens (tertiary/aromatic N) is 4. The van der Waals surface area contributed by atoms with E-state index in [0.717, 1.165) is 47.9 Å². The van der Waals surface area contributed by atoms with Gasteiger partial charge in [-0.15, -0.1) is 11.3 Å². The predicted octanol–water partition coefficient (Wildman–Crippen LogP) is 3.08. The Morgan fingerprint density at radius 3 is 2.85 bits per heavy atom. The number of likely N-dealkylation sites (tertiary alicyclic amines) is 1. The molecule has 0 radical (unpaired) electrons. The number of hydrogen-bond acceptors (Lipinski definition) is 5. The molecule has 5 heterocycles. The molecule has 7 nitrogen and oxygen atoms in total. The van der Waals surface area contributed by atoms with Crippen LogP contribution in [0.3, 0.4) is 0 Å². The molecule has 3 aromatic heterocycles. The average Bonchev–Trinajstić information content (AvgIpc) is 3.41. The first-order valence-corrected chi connectivity index (χ1v) is 10.2. The van der Waals surface area contributed by atoms with Crippen LogP contribution in [0.2, 0.25) is 0 Å². The molecule has 1 fully saturated rings. The summed E-state index contributed by atoms with van der Waals surface area (Å²) in [6, 6.07) is 6.54. The maximum absolute atomic E-state index is 12.5. The summed E-state index contributed by atoms with van der Waals surface area (Å²) in [6.45, 7) is 2.13. The van der Waals surface area contributed by atoms with Gasteiger partial charge in [-0.05, 0) is 51.2 Å². The van der Waals surface area contributed by atoms with E-state index in [1.807, 2.05) is 12.3 Å². The zero-order valence-corrected chi connectivity index (χ0v) is 16.0. The lowest BCUT2D eigenvalue weighted by Crippen LogP contribution is -2.33. The van der Waals surface area contributed by atoms with Gasteiger partial charge in [0.05, 0.1) is 22.8 Å². The Kier molecular flexibility index (Phi) is 4.09. The largest absolute Gasteiger partial charge is 0.311 e. The highest BCUT2D eigenvalue weighted by Gasteiger charge is 2.33. The second kappa shape index (κ2) is 6.61. The number of amides is 1. The number of aromatic nitrogens is 4. The number of rotatable bonds is 3. The molecule has 2 N–H and O–H groups in total. The van der Waals surface area contributed by atoms with Gasteiger partial charge in [0.25, 0.3) is 0 Å². The lowest BCUT2D eigenvalue weighted by atomic mass is 9.92. The van der Waals surface area contributed by atoms with Gasteiger partial charge in [0.15, 0.2) is 0 Å². The third-order valence-electron chi connectivity index (χ3n) is 5.62. The number of carbonyl (C=O) groups excluding carboxylic acids is 1. The Morgan fingerprint density at radius 2 is 2.07 bits per heavy atom. The fourth-order valence-corrected chi connectivity index (χ4v) is 5.19. The lowest BCUT2D eigenvalue weighted by Gasteiger charge is -2.31. The van der Waals surface area contributed by atoms with E-state index in [1.165, 1.54) is 4.88 Å². The fourth-order valence-electron chi connectivity index (χ4n) is 4.09. The molecule has 1 saturated heterocycles. The van der Waals surface area contributed by atoms with E-state index in [9.17, 15) is 4.79 Å². The van der Waals surface area contributed by atoms with E-state index in [4.69, 9.17) is 0 Å². The summed E-state index contributed by atoms with van der Waals surface area (Å²) in [7, 11) is 2.15. The summed E-state index contributed by atoms with van der Waals surface area (Å²) < 4.78 is 2.05. The number of carbonyl (C=O) groups is 1. The van der Waals surface area contributed by atoms with Crippen molar-refractivity contribution in [2.45, 2.75) is 31.2 Å². The van der Waals surface area contributed by atoms with Crippen molar-refractivity contribution in [3.05, 3.63) is 41.0 Å². The Morgan fingerprint density at radius 1 is 1.22 bits per heavy atom. The molecule has 0 bridgehead atoms. The number of thiophene rings is 1. The number of nitrogens with one attached hydrogen (secondary N) is 2. The van der Waals surface area contributed by atoms with E-state index in [0.29, 0.717) is 12.5 Å². The van der Waals surface area contributed by atoms with E-state index in [1.54, 1.807) is 17.5 Å². The Bertz CT molecular complexity index is 951. The van der Waals surface area contributed by atoms with Crippen molar-refractivity contribution in [3.8, 4) is 10.6 Å². The van der Waals surface area contributed by atoms with Crippen LogP contribution in [-0.2, 0) is 4.79 Å². The first-order chi connectivity index (χ1) is 13.2. The zero-order valence-electron chi connectivity index (χ0n) is 15.2. The standard InChI is InChI=1S/C19H22N6OS/c1-24-8-5-12(6-9-24)25-19-14(11-21-25)13(10-18(26)22-19)16-2-3-17(27-16)15-4-7-20-23-15/h2-4,7,11-13H,5-6,8-10H2,1H3,(H,20,23)(H,22,26). The molecular weight excluding hydrogens is 360 g/mol. The normalized spacial score (nSPS) is 21.2. The molecular formula is C19H22N6OS. The van der Waals surface area contributed by atoms with Gasteiger partial charge in [-0.3, -0.25) is 9.89 Å². The van der Waals surface area contributed by atoms with Crippen molar-refractivity contribution in [3.63, 3.8) is 0 Å². The minimum atomic E-state index is 0.0652. The molecule has 140 valence electrons. The van der Waals surface area contributed by atoms with Gasteiger partial charge in [0, 0.05) is 29.0 Å². The van der Waals surface area contributed by atoms with Crippen molar-refractivity contribution in [2.24, 2.45) is 0 Å². The molecule has 1 amide bonds. The van der Waals surface area contributed by atoms with Gasteiger partial charge >= 0.3 is 0 Å². The van der Waals surface area contributed by atoms with Gasteiger partial charge in [-0.25, -0.2) is 4.68 Å². The summed E-state index contributed by atoms with van der Waals surface area (Å²) >= 11 is 1.71. The summed E-state index contributed by atoms with van der Waals surface area (Å²) in [4.78, 5) is 17.1. The van der Waals surface area contributed by atoms with Crippen LogP contribution in [0.5, 0.6) is 0 Å². The van der Waals surface area contributed by atoms with Crippen molar-refractivity contribution < 1.29 is 4.79 Å². The van der Waals surface area contributed by atoms with E-state index < -0.39 is 0 Å². The average molecular weight is 382 g/mol. The van der Waals surface area contributed by atoms with E-state index in [-0.39, 0.29) is 11.8 Å². The fraction of sp³-hybridized carbons (Fsp3) is 0.421. The second-order valence-corrected chi connectivity index (χ2v) is 8.52. The van der Waals surface area contributed by atoms with E-state index >= 15 is 0 Å². The number of piperidine rings is 1. The van der Waals surface area contributed by atoms with Crippen molar-refractivity contribution >= 4 is 23.1 Å². The molecule has 3 aromatic rings. The van der Waals surface area contributed by atoms with Crippen LogP contribution in [0.4, 0.5) is 5.82 Å². The van der Waals surface area contributed by atoms with Gasteiger partial charge in [-0.1, -0.05) is 0 Å². The summed E-state index contributed by atoms with van der Waals surface area (Å²) in [6.07, 6.45) is 6.30. The van der Waals surface area contributed by atoms with Gasteiger partial charge in [-0.2, -0.15) is 10.2 Å². The van der Waals surface area contributed by atoms with Crippen molar-refractivity contribution in [2.75, 3.05) is 25.5 Å². The summed E-state index contributed by atoms with van der Waals surface area (Å²) in [5, 5.41) is 14.8. The molecule has 2 aliphatic heterocycles.